The fourth-order valence-electron chi connectivity index (χ4n) is 2.56. The largest absolute Gasteiger partial charge is 0.465 e. The molecule has 0 amide bonds. The highest BCUT2D eigenvalue weighted by atomic mass is 32.2. The highest BCUT2D eigenvalue weighted by Gasteiger charge is 2.30. The zero-order valence-corrected chi connectivity index (χ0v) is 12.4. The minimum Gasteiger partial charge on any atom is -0.465 e. The minimum atomic E-state index is -3.71. The van der Waals surface area contributed by atoms with Crippen LogP contribution >= 0.6 is 0 Å². The zero-order valence-electron chi connectivity index (χ0n) is 11.6. The van der Waals surface area contributed by atoms with E-state index < -0.39 is 16.0 Å². The van der Waals surface area contributed by atoms with Crippen LogP contribution in [0.2, 0.25) is 0 Å². The molecule has 1 saturated carbocycles. The molecule has 110 valence electrons. The Kier molecular flexibility index (Phi) is 4.45. The summed E-state index contributed by atoms with van der Waals surface area (Å²) in [6, 6.07) is 6.03. The molecule has 5 nitrogen and oxygen atoms in total. The van der Waals surface area contributed by atoms with Gasteiger partial charge in [0.1, 0.15) is 0 Å². The number of carbonyl (C=O) groups is 1. The molecule has 0 radical (unpaired) electrons. The third-order valence-electron chi connectivity index (χ3n) is 3.75. The predicted octanol–water partition coefficient (Wildman–Crippen LogP) is 1.94. The number of carbonyl (C=O) groups excluding carboxylic acids is 1. The van der Waals surface area contributed by atoms with Crippen LogP contribution in [0.1, 0.15) is 36.5 Å². The van der Waals surface area contributed by atoms with Gasteiger partial charge in [0.15, 0.2) is 0 Å². The number of benzene rings is 1. The lowest BCUT2D eigenvalue weighted by Crippen LogP contribution is -2.37. The monoisotopic (exact) mass is 297 g/mol. The Balaban J connectivity index is 2.32. The molecule has 1 aliphatic carbocycles. The average molecular weight is 297 g/mol. The first kappa shape index (κ1) is 15.0. The molecule has 0 bridgehead atoms. The summed E-state index contributed by atoms with van der Waals surface area (Å²) in [6.45, 7) is 2.03. The number of methoxy groups -OCH3 is 1. The number of hydrogen-bond acceptors (Lipinski definition) is 4. The molecule has 1 aromatic rings. The molecule has 1 aromatic carbocycles. The molecule has 20 heavy (non-hydrogen) atoms. The van der Waals surface area contributed by atoms with E-state index in [4.69, 9.17) is 0 Å². The van der Waals surface area contributed by atoms with Crippen LogP contribution in [0.15, 0.2) is 29.2 Å². The number of sulfonamides is 1. The maximum atomic E-state index is 12.5. The third kappa shape index (κ3) is 3.02. The number of rotatable bonds is 4. The first-order valence-electron chi connectivity index (χ1n) is 6.65. The van der Waals surface area contributed by atoms with Gasteiger partial charge in [-0.3, -0.25) is 0 Å². The SMILES string of the molecule is COC(=O)c1ccccc1S(=O)(=O)NC1CCCC1C. The summed E-state index contributed by atoms with van der Waals surface area (Å²) >= 11 is 0. The first-order valence-corrected chi connectivity index (χ1v) is 8.13. The van der Waals surface area contributed by atoms with E-state index in [-0.39, 0.29) is 16.5 Å². The molecule has 1 fully saturated rings. The van der Waals surface area contributed by atoms with Crippen LogP contribution in [0, 0.1) is 5.92 Å². The third-order valence-corrected chi connectivity index (χ3v) is 5.30. The number of esters is 1. The molecule has 0 heterocycles. The van der Waals surface area contributed by atoms with Crippen molar-refractivity contribution in [3.05, 3.63) is 29.8 Å². The molecule has 6 heteroatoms. The molecule has 2 atom stereocenters. The Labute approximate surface area is 119 Å². The molecule has 0 saturated heterocycles. The van der Waals surface area contributed by atoms with Crippen LogP contribution in [-0.4, -0.2) is 27.5 Å². The summed E-state index contributed by atoms with van der Waals surface area (Å²) < 4.78 is 32.2. The lowest BCUT2D eigenvalue weighted by molar-refractivity contribution is 0.0596. The highest BCUT2D eigenvalue weighted by molar-refractivity contribution is 7.89. The predicted molar refractivity (Wildman–Crippen MR) is 74.9 cm³/mol. The quantitative estimate of drug-likeness (QED) is 0.862. The smallest absolute Gasteiger partial charge is 0.339 e. The van der Waals surface area contributed by atoms with Crippen LogP contribution in [0.5, 0.6) is 0 Å². The van der Waals surface area contributed by atoms with Crippen LogP contribution in [0.3, 0.4) is 0 Å². The van der Waals surface area contributed by atoms with E-state index in [0.29, 0.717) is 5.92 Å². The Morgan fingerprint density at radius 1 is 1.30 bits per heavy atom. The van der Waals surface area contributed by atoms with Gasteiger partial charge in [-0.1, -0.05) is 25.5 Å². The lowest BCUT2D eigenvalue weighted by atomic mass is 10.1. The van der Waals surface area contributed by atoms with Crippen molar-refractivity contribution in [3.8, 4) is 0 Å². The second-order valence-electron chi connectivity index (χ2n) is 5.12. The number of ether oxygens (including phenoxy) is 1. The van der Waals surface area contributed by atoms with Crippen molar-refractivity contribution < 1.29 is 17.9 Å². The van der Waals surface area contributed by atoms with E-state index in [1.165, 1.54) is 19.2 Å². The van der Waals surface area contributed by atoms with Gasteiger partial charge in [0.05, 0.1) is 17.6 Å². The van der Waals surface area contributed by atoms with Gasteiger partial charge in [0.25, 0.3) is 0 Å². The van der Waals surface area contributed by atoms with E-state index >= 15 is 0 Å². The van der Waals surface area contributed by atoms with Gasteiger partial charge < -0.3 is 4.74 Å². The van der Waals surface area contributed by atoms with Crippen LogP contribution < -0.4 is 4.72 Å². The summed E-state index contributed by atoms with van der Waals surface area (Å²) in [5.41, 5.74) is 0.0631. The highest BCUT2D eigenvalue weighted by Crippen LogP contribution is 2.27. The Morgan fingerprint density at radius 3 is 2.60 bits per heavy atom. The minimum absolute atomic E-state index is 0.0223. The number of hydrogen-bond donors (Lipinski definition) is 1. The van der Waals surface area contributed by atoms with E-state index in [9.17, 15) is 13.2 Å². The average Bonchev–Trinajstić information content (AvgIpc) is 2.83. The summed E-state index contributed by atoms with van der Waals surface area (Å²) in [5.74, 6) is -0.333. The normalized spacial score (nSPS) is 22.7. The fourth-order valence-corrected chi connectivity index (χ4v) is 4.14. The van der Waals surface area contributed by atoms with Crippen molar-refractivity contribution >= 4 is 16.0 Å². The van der Waals surface area contributed by atoms with Gasteiger partial charge >= 0.3 is 5.97 Å². The standard InChI is InChI=1S/C14H19NO4S/c1-10-6-5-8-12(10)15-20(17,18)13-9-4-3-7-11(13)14(16)19-2/h3-4,7,9-10,12,15H,5-6,8H2,1-2H3. The Morgan fingerprint density at radius 2 is 2.00 bits per heavy atom. The van der Waals surface area contributed by atoms with Gasteiger partial charge in [0.2, 0.25) is 10.0 Å². The lowest BCUT2D eigenvalue weighted by Gasteiger charge is -2.18. The molecule has 1 N–H and O–H groups in total. The van der Waals surface area contributed by atoms with E-state index in [2.05, 4.69) is 9.46 Å². The summed E-state index contributed by atoms with van der Waals surface area (Å²) in [4.78, 5) is 11.6. The van der Waals surface area contributed by atoms with Crippen molar-refractivity contribution in [2.45, 2.75) is 37.1 Å². The van der Waals surface area contributed by atoms with Crippen LogP contribution in [0.4, 0.5) is 0 Å². The van der Waals surface area contributed by atoms with E-state index in [1.54, 1.807) is 12.1 Å². The molecule has 2 unspecified atom stereocenters. The van der Waals surface area contributed by atoms with Crippen LogP contribution in [0.25, 0.3) is 0 Å². The van der Waals surface area contributed by atoms with Gasteiger partial charge in [-0.05, 0) is 30.9 Å². The maximum absolute atomic E-state index is 12.5. The second-order valence-corrected chi connectivity index (χ2v) is 6.81. The van der Waals surface area contributed by atoms with Gasteiger partial charge in [-0.15, -0.1) is 0 Å². The molecular weight excluding hydrogens is 278 g/mol. The molecule has 0 aliphatic heterocycles. The molecule has 0 aromatic heterocycles. The van der Waals surface area contributed by atoms with E-state index in [0.717, 1.165) is 19.3 Å². The molecular formula is C14H19NO4S. The van der Waals surface area contributed by atoms with Crippen molar-refractivity contribution in [1.29, 1.82) is 0 Å². The van der Waals surface area contributed by atoms with Gasteiger partial charge in [-0.2, -0.15) is 0 Å². The van der Waals surface area contributed by atoms with Crippen molar-refractivity contribution in [1.82, 2.24) is 4.72 Å². The molecule has 1 aliphatic rings. The van der Waals surface area contributed by atoms with Crippen molar-refractivity contribution in [2.75, 3.05) is 7.11 Å². The fraction of sp³-hybridized carbons (Fsp3) is 0.500. The number of nitrogens with one attached hydrogen (secondary N) is 1. The van der Waals surface area contributed by atoms with Crippen molar-refractivity contribution in [3.63, 3.8) is 0 Å². The van der Waals surface area contributed by atoms with Gasteiger partial charge in [-0.25, -0.2) is 17.9 Å². The van der Waals surface area contributed by atoms with Gasteiger partial charge in [0, 0.05) is 6.04 Å². The summed E-state index contributed by atoms with van der Waals surface area (Å²) in [7, 11) is -2.48. The van der Waals surface area contributed by atoms with Crippen molar-refractivity contribution in [2.24, 2.45) is 5.92 Å². The molecule has 2 rings (SSSR count). The zero-order chi connectivity index (χ0) is 14.8. The first-order chi connectivity index (χ1) is 9.45. The summed E-state index contributed by atoms with van der Waals surface area (Å²) in [6.07, 6.45) is 2.87. The van der Waals surface area contributed by atoms with E-state index in [1.807, 2.05) is 6.92 Å². The van der Waals surface area contributed by atoms with Crippen LogP contribution in [-0.2, 0) is 14.8 Å². The topological polar surface area (TPSA) is 72.5 Å². The Bertz CT molecular complexity index is 597. The Hall–Kier alpha value is -1.40. The second kappa shape index (κ2) is 5.93. The summed E-state index contributed by atoms with van der Waals surface area (Å²) in [5, 5.41) is 0. The maximum Gasteiger partial charge on any atom is 0.339 e. The molecule has 0 spiro atoms.